The number of pyridine rings is 1. The summed E-state index contributed by atoms with van der Waals surface area (Å²) in [7, 11) is 1.60. The fourth-order valence-corrected chi connectivity index (χ4v) is 2.52. The number of rotatable bonds is 3. The molecule has 0 amide bonds. The average Bonchev–Trinajstić information content (AvgIpc) is 2.40. The third kappa shape index (κ3) is 1.77. The van der Waals surface area contributed by atoms with Crippen LogP contribution in [0.3, 0.4) is 0 Å². The minimum atomic E-state index is -0.512. The molecule has 1 heterocycles. The van der Waals surface area contributed by atoms with Gasteiger partial charge in [0.05, 0.1) is 19.4 Å². The summed E-state index contributed by atoms with van der Waals surface area (Å²) >= 11 is 0. The topological polar surface area (TPSA) is 42.4 Å². The predicted octanol–water partition coefficient (Wildman–Crippen LogP) is 2.46. The van der Waals surface area contributed by atoms with E-state index >= 15 is 0 Å². The maximum absolute atomic E-state index is 10.4. The molecule has 3 nitrogen and oxygen atoms in total. The molecule has 1 aliphatic rings. The van der Waals surface area contributed by atoms with Crippen LogP contribution in [0.4, 0.5) is 0 Å². The van der Waals surface area contributed by atoms with Crippen molar-refractivity contribution < 1.29 is 9.84 Å². The van der Waals surface area contributed by atoms with Gasteiger partial charge in [-0.3, -0.25) is 4.98 Å². The summed E-state index contributed by atoms with van der Waals surface area (Å²) in [6, 6.07) is 10.1. The Bertz CT molecular complexity index is 568. The van der Waals surface area contributed by atoms with E-state index in [0.29, 0.717) is 5.75 Å². The lowest BCUT2D eigenvalue weighted by atomic mass is 9.73. The molecule has 0 saturated carbocycles. The monoisotopic (exact) mass is 241 g/mol. The lowest BCUT2D eigenvalue weighted by Gasteiger charge is -2.34. The zero-order valence-corrected chi connectivity index (χ0v) is 10.2. The standard InChI is InChI=1S/C15H15NO2/c1-18-12-6-11(8-16-9-12)15(17)14-7-10-4-2-3-5-13(10)14/h2-6,8-9,14-15,17H,7H2,1H3. The Hall–Kier alpha value is -1.87. The maximum Gasteiger partial charge on any atom is 0.137 e. The van der Waals surface area contributed by atoms with Crippen molar-refractivity contribution in [2.75, 3.05) is 7.11 Å². The van der Waals surface area contributed by atoms with Crippen LogP contribution in [-0.4, -0.2) is 17.2 Å². The van der Waals surface area contributed by atoms with Gasteiger partial charge >= 0.3 is 0 Å². The minimum Gasteiger partial charge on any atom is -0.495 e. The first-order valence-corrected chi connectivity index (χ1v) is 6.04. The van der Waals surface area contributed by atoms with Crippen molar-refractivity contribution in [2.45, 2.75) is 18.4 Å². The van der Waals surface area contributed by atoms with Gasteiger partial charge < -0.3 is 9.84 Å². The first-order valence-electron chi connectivity index (χ1n) is 6.04. The lowest BCUT2D eigenvalue weighted by Crippen LogP contribution is -2.23. The molecule has 2 unspecified atom stereocenters. The van der Waals surface area contributed by atoms with Crippen molar-refractivity contribution >= 4 is 0 Å². The van der Waals surface area contributed by atoms with Crippen LogP contribution in [0.15, 0.2) is 42.7 Å². The van der Waals surface area contributed by atoms with E-state index in [1.54, 1.807) is 19.5 Å². The SMILES string of the molecule is COc1cncc(C(O)C2Cc3ccccc32)c1. The number of nitrogens with zero attached hydrogens (tertiary/aromatic N) is 1. The van der Waals surface area contributed by atoms with Crippen molar-refractivity contribution in [1.82, 2.24) is 4.98 Å². The number of aliphatic hydroxyl groups is 1. The molecule has 1 aliphatic carbocycles. The van der Waals surface area contributed by atoms with E-state index in [1.165, 1.54) is 11.1 Å². The summed E-state index contributed by atoms with van der Waals surface area (Å²) < 4.78 is 5.13. The first-order chi connectivity index (χ1) is 8.79. The molecule has 0 fully saturated rings. The van der Waals surface area contributed by atoms with Gasteiger partial charge in [0.1, 0.15) is 5.75 Å². The van der Waals surface area contributed by atoms with Crippen LogP contribution in [0.25, 0.3) is 0 Å². The van der Waals surface area contributed by atoms with E-state index in [4.69, 9.17) is 4.74 Å². The number of aromatic nitrogens is 1. The molecule has 1 N–H and O–H groups in total. The van der Waals surface area contributed by atoms with Crippen molar-refractivity contribution in [3.8, 4) is 5.75 Å². The lowest BCUT2D eigenvalue weighted by molar-refractivity contribution is 0.134. The van der Waals surface area contributed by atoms with Crippen molar-refractivity contribution in [3.05, 3.63) is 59.4 Å². The molecule has 0 radical (unpaired) electrons. The van der Waals surface area contributed by atoms with Gasteiger partial charge in [-0.15, -0.1) is 0 Å². The van der Waals surface area contributed by atoms with Crippen LogP contribution in [0.1, 0.15) is 28.7 Å². The number of methoxy groups -OCH3 is 1. The largest absolute Gasteiger partial charge is 0.495 e. The smallest absolute Gasteiger partial charge is 0.137 e. The summed E-state index contributed by atoms with van der Waals surface area (Å²) in [4.78, 5) is 4.09. The van der Waals surface area contributed by atoms with E-state index in [2.05, 4.69) is 17.1 Å². The van der Waals surface area contributed by atoms with Crippen LogP contribution in [0, 0.1) is 0 Å². The van der Waals surface area contributed by atoms with Crippen LogP contribution in [0.2, 0.25) is 0 Å². The van der Waals surface area contributed by atoms with E-state index in [1.807, 2.05) is 18.2 Å². The Kier molecular flexibility index (Phi) is 2.76. The molecule has 0 saturated heterocycles. The molecule has 1 aromatic heterocycles. The summed E-state index contributed by atoms with van der Waals surface area (Å²) in [5.74, 6) is 0.856. The van der Waals surface area contributed by atoms with Gasteiger partial charge in [0.15, 0.2) is 0 Å². The van der Waals surface area contributed by atoms with E-state index < -0.39 is 6.10 Å². The quantitative estimate of drug-likeness (QED) is 0.897. The molecule has 92 valence electrons. The van der Waals surface area contributed by atoms with E-state index in [0.717, 1.165) is 12.0 Å². The number of hydrogen-bond donors (Lipinski definition) is 1. The highest BCUT2D eigenvalue weighted by Gasteiger charge is 2.32. The summed E-state index contributed by atoms with van der Waals surface area (Å²) in [5, 5.41) is 10.4. The number of fused-ring (bicyclic) bond motifs is 1. The molecule has 3 rings (SSSR count). The third-order valence-corrected chi connectivity index (χ3v) is 3.59. The zero-order chi connectivity index (χ0) is 12.5. The fraction of sp³-hybridized carbons (Fsp3) is 0.267. The molecule has 2 atom stereocenters. The molecule has 3 heteroatoms. The Morgan fingerprint density at radius 2 is 2.17 bits per heavy atom. The molecule has 1 aromatic carbocycles. The molecular weight excluding hydrogens is 226 g/mol. The van der Waals surface area contributed by atoms with Gasteiger partial charge in [0.2, 0.25) is 0 Å². The predicted molar refractivity (Wildman–Crippen MR) is 68.6 cm³/mol. The first kappa shape index (κ1) is 11.2. The Labute approximate surface area is 106 Å². The van der Waals surface area contributed by atoms with Gasteiger partial charge in [0, 0.05) is 17.7 Å². The van der Waals surface area contributed by atoms with Gasteiger partial charge in [-0.1, -0.05) is 24.3 Å². The van der Waals surface area contributed by atoms with Gasteiger partial charge in [0.25, 0.3) is 0 Å². The second-order valence-electron chi connectivity index (χ2n) is 4.61. The Balaban J connectivity index is 1.86. The summed E-state index contributed by atoms with van der Waals surface area (Å²) in [6.07, 6.45) is 3.76. The molecule has 0 spiro atoms. The fourth-order valence-electron chi connectivity index (χ4n) is 2.52. The highest BCUT2D eigenvalue weighted by molar-refractivity contribution is 5.42. The normalized spacial score (nSPS) is 18.7. The third-order valence-electron chi connectivity index (χ3n) is 3.59. The second-order valence-corrected chi connectivity index (χ2v) is 4.61. The van der Waals surface area contributed by atoms with E-state index in [-0.39, 0.29) is 5.92 Å². The van der Waals surface area contributed by atoms with Crippen molar-refractivity contribution in [2.24, 2.45) is 0 Å². The number of ether oxygens (including phenoxy) is 1. The average molecular weight is 241 g/mol. The van der Waals surface area contributed by atoms with Crippen molar-refractivity contribution in [1.29, 1.82) is 0 Å². The minimum absolute atomic E-state index is 0.176. The molecule has 18 heavy (non-hydrogen) atoms. The van der Waals surface area contributed by atoms with Gasteiger partial charge in [-0.05, 0) is 23.6 Å². The maximum atomic E-state index is 10.4. The molecule has 0 aliphatic heterocycles. The van der Waals surface area contributed by atoms with Gasteiger partial charge in [-0.2, -0.15) is 0 Å². The molecule has 0 bridgehead atoms. The Morgan fingerprint density at radius 1 is 1.33 bits per heavy atom. The van der Waals surface area contributed by atoms with Crippen LogP contribution < -0.4 is 4.74 Å². The second kappa shape index (κ2) is 4.42. The molecule has 2 aromatic rings. The van der Waals surface area contributed by atoms with Crippen LogP contribution >= 0.6 is 0 Å². The highest BCUT2D eigenvalue weighted by atomic mass is 16.5. The molecular formula is C15H15NO2. The number of aliphatic hydroxyl groups excluding tert-OH is 1. The zero-order valence-electron chi connectivity index (χ0n) is 10.2. The van der Waals surface area contributed by atoms with Crippen LogP contribution in [0.5, 0.6) is 5.75 Å². The number of benzene rings is 1. The van der Waals surface area contributed by atoms with Crippen molar-refractivity contribution in [3.63, 3.8) is 0 Å². The highest BCUT2D eigenvalue weighted by Crippen LogP contribution is 2.43. The Morgan fingerprint density at radius 3 is 2.94 bits per heavy atom. The number of hydrogen-bond acceptors (Lipinski definition) is 3. The summed E-state index contributed by atoms with van der Waals surface area (Å²) in [6.45, 7) is 0. The van der Waals surface area contributed by atoms with E-state index in [9.17, 15) is 5.11 Å². The van der Waals surface area contributed by atoms with Crippen LogP contribution in [-0.2, 0) is 6.42 Å². The summed E-state index contributed by atoms with van der Waals surface area (Å²) in [5.41, 5.74) is 3.39. The van der Waals surface area contributed by atoms with Gasteiger partial charge in [-0.25, -0.2) is 0 Å².